The molecule has 0 amide bonds. The van der Waals surface area contributed by atoms with Crippen LogP contribution in [0, 0.1) is 0 Å². The summed E-state index contributed by atoms with van der Waals surface area (Å²) in [6.45, 7) is 5.35. The number of hydrogen-bond donors (Lipinski definition) is 1. The number of benzene rings is 1. The summed E-state index contributed by atoms with van der Waals surface area (Å²) >= 11 is 0. The zero-order valence-corrected chi connectivity index (χ0v) is 10.0. The van der Waals surface area contributed by atoms with E-state index in [1.54, 1.807) is 0 Å². The molecular weight excluding hydrogens is 184 g/mol. The van der Waals surface area contributed by atoms with Crippen molar-refractivity contribution in [2.24, 2.45) is 5.73 Å². The summed E-state index contributed by atoms with van der Waals surface area (Å²) in [5.41, 5.74) is 8.45. The van der Waals surface area contributed by atoms with E-state index in [0.29, 0.717) is 0 Å². The van der Waals surface area contributed by atoms with E-state index in [9.17, 15) is 0 Å². The third kappa shape index (κ3) is 3.24. The van der Waals surface area contributed by atoms with Gasteiger partial charge in [0.15, 0.2) is 0 Å². The number of para-hydroxylation sites is 1. The predicted molar refractivity (Wildman–Crippen MR) is 67.2 cm³/mol. The Bertz CT molecular complexity index is 294. The quantitative estimate of drug-likeness (QED) is 0.802. The second-order valence-electron chi connectivity index (χ2n) is 4.12. The molecule has 1 rings (SSSR count). The van der Waals surface area contributed by atoms with Crippen molar-refractivity contribution in [3.63, 3.8) is 0 Å². The van der Waals surface area contributed by atoms with Crippen LogP contribution in [0.15, 0.2) is 24.3 Å². The highest BCUT2D eigenvalue weighted by Crippen LogP contribution is 2.24. The molecule has 0 radical (unpaired) electrons. The maximum absolute atomic E-state index is 5.95. The van der Waals surface area contributed by atoms with Gasteiger partial charge in [0.1, 0.15) is 0 Å². The molecule has 1 aromatic carbocycles. The minimum absolute atomic E-state index is 0.102. The van der Waals surface area contributed by atoms with Crippen molar-refractivity contribution in [2.75, 3.05) is 18.5 Å². The fraction of sp³-hybridized carbons (Fsp3) is 0.538. The third-order valence-electron chi connectivity index (χ3n) is 2.69. The summed E-state index contributed by atoms with van der Waals surface area (Å²) in [7, 11) is 2.14. The number of hydrogen-bond acceptors (Lipinski definition) is 2. The Hall–Kier alpha value is -1.02. The zero-order chi connectivity index (χ0) is 11.3. The van der Waals surface area contributed by atoms with Gasteiger partial charge in [-0.15, -0.1) is 0 Å². The van der Waals surface area contributed by atoms with Gasteiger partial charge in [-0.05, 0) is 25.0 Å². The van der Waals surface area contributed by atoms with Gasteiger partial charge in [0, 0.05) is 25.3 Å². The van der Waals surface area contributed by atoms with E-state index < -0.39 is 0 Å². The molecule has 0 aliphatic rings. The number of rotatable bonds is 5. The average Bonchev–Trinajstić information content (AvgIpc) is 2.25. The van der Waals surface area contributed by atoms with E-state index in [0.717, 1.165) is 6.54 Å². The molecule has 0 heterocycles. The van der Waals surface area contributed by atoms with Crippen molar-refractivity contribution in [1.29, 1.82) is 0 Å². The van der Waals surface area contributed by atoms with Gasteiger partial charge in [-0.2, -0.15) is 0 Å². The number of unbranched alkanes of at least 4 members (excludes halogenated alkanes) is 1. The van der Waals surface area contributed by atoms with Crippen LogP contribution >= 0.6 is 0 Å². The van der Waals surface area contributed by atoms with Crippen molar-refractivity contribution in [1.82, 2.24) is 0 Å². The molecule has 2 nitrogen and oxygen atoms in total. The highest BCUT2D eigenvalue weighted by Gasteiger charge is 2.08. The lowest BCUT2D eigenvalue weighted by Crippen LogP contribution is -2.21. The van der Waals surface area contributed by atoms with Gasteiger partial charge in [-0.25, -0.2) is 0 Å². The normalized spacial score (nSPS) is 12.5. The standard InChI is InChI=1S/C13H22N2/c1-4-5-10-15(3)13-9-7-6-8-12(13)11(2)14/h6-9,11H,4-5,10,14H2,1-3H3. The van der Waals surface area contributed by atoms with Crippen molar-refractivity contribution in [2.45, 2.75) is 32.7 Å². The maximum atomic E-state index is 5.95. The predicted octanol–water partition coefficient (Wildman–Crippen LogP) is 2.94. The summed E-state index contributed by atoms with van der Waals surface area (Å²) in [5, 5.41) is 0. The molecule has 84 valence electrons. The largest absolute Gasteiger partial charge is 0.374 e. The monoisotopic (exact) mass is 206 g/mol. The van der Waals surface area contributed by atoms with E-state index in [-0.39, 0.29) is 6.04 Å². The summed E-state index contributed by atoms with van der Waals surface area (Å²) < 4.78 is 0. The summed E-state index contributed by atoms with van der Waals surface area (Å²) in [4.78, 5) is 2.29. The second-order valence-corrected chi connectivity index (χ2v) is 4.12. The van der Waals surface area contributed by atoms with Crippen LogP contribution in [-0.2, 0) is 0 Å². The Balaban J connectivity index is 2.82. The zero-order valence-electron chi connectivity index (χ0n) is 10.0. The van der Waals surface area contributed by atoms with Gasteiger partial charge in [0.2, 0.25) is 0 Å². The molecule has 0 saturated heterocycles. The van der Waals surface area contributed by atoms with E-state index in [1.807, 2.05) is 6.92 Å². The molecule has 0 fully saturated rings. The van der Waals surface area contributed by atoms with Gasteiger partial charge in [-0.3, -0.25) is 0 Å². The Labute approximate surface area is 93.1 Å². The molecule has 0 aliphatic carbocycles. The summed E-state index contributed by atoms with van der Waals surface area (Å²) in [5.74, 6) is 0. The molecule has 1 unspecified atom stereocenters. The molecular formula is C13H22N2. The molecule has 0 aliphatic heterocycles. The Morgan fingerprint density at radius 2 is 2.00 bits per heavy atom. The molecule has 0 aromatic heterocycles. The van der Waals surface area contributed by atoms with Crippen LogP contribution in [0.4, 0.5) is 5.69 Å². The van der Waals surface area contributed by atoms with E-state index >= 15 is 0 Å². The smallest absolute Gasteiger partial charge is 0.0411 e. The van der Waals surface area contributed by atoms with Crippen LogP contribution in [0.1, 0.15) is 38.3 Å². The first kappa shape index (κ1) is 12.1. The van der Waals surface area contributed by atoms with Gasteiger partial charge >= 0.3 is 0 Å². The molecule has 0 spiro atoms. The number of nitrogens with two attached hydrogens (primary N) is 1. The van der Waals surface area contributed by atoms with E-state index in [1.165, 1.54) is 24.1 Å². The summed E-state index contributed by atoms with van der Waals surface area (Å²) in [6.07, 6.45) is 2.45. The first-order valence-electron chi connectivity index (χ1n) is 5.72. The SMILES string of the molecule is CCCCN(C)c1ccccc1C(C)N. The second kappa shape index (κ2) is 5.76. The highest BCUT2D eigenvalue weighted by molar-refractivity contribution is 5.54. The fourth-order valence-electron chi connectivity index (χ4n) is 1.74. The van der Waals surface area contributed by atoms with Gasteiger partial charge < -0.3 is 10.6 Å². The number of nitrogens with zero attached hydrogens (tertiary/aromatic N) is 1. The van der Waals surface area contributed by atoms with Crippen molar-refractivity contribution in [3.05, 3.63) is 29.8 Å². The van der Waals surface area contributed by atoms with Gasteiger partial charge in [0.05, 0.1) is 0 Å². The van der Waals surface area contributed by atoms with Crippen LogP contribution in [-0.4, -0.2) is 13.6 Å². The fourth-order valence-corrected chi connectivity index (χ4v) is 1.74. The first-order valence-corrected chi connectivity index (χ1v) is 5.72. The van der Waals surface area contributed by atoms with Crippen LogP contribution in [0.3, 0.4) is 0 Å². The Morgan fingerprint density at radius 3 is 2.60 bits per heavy atom. The van der Waals surface area contributed by atoms with Crippen LogP contribution in [0.2, 0.25) is 0 Å². The molecule has 2 heteroatoms. The summed E-state index contributed by atoms with van der Waals surface area (Å²) in [6, 6.07) is 8.49. The molecule has 15 heavy (non-hydrogen) atoms. The van der Waals surface area contributed by atoms with Crippen LogP contribution < -0.4 is 10.6 Å². The minimum atomic E-state index is 0.102. The first-order chi connectivity index (χ1) is 7.16. The molecule has 1 atom stereocenters. The van der Waals surface area contributed by atoms with E-state index in [2.05, 4.69) is 43.1 Å². The van der Waals surface area contributed by atoms with Crippen LogP contribution in [0.5, 0.6) is 0 Å². The highest BCUT2D eigenvalue weighted by atomic mass is 15.1. The lowest BCUT2D eigenvalue weighted by molar-refractivity contribution is 0.751. The molecule has 0 bridgehead atoms. The van der Waals surface area contributed by atoms with E-state index in [4.69, 9.17) is 5.73 Å². The molecule has 0 saturated carbocycles. The maximum Gasteiger partial charge on any atom is 0.0411 e. The van der Waals surface area contributed by atoms with Gasteiger partial charge in [0.25, 0.3) is 0 Å². The molecule has 1 aromatic rings. The van der Waals surface area contributed by atoms with Crippen molar-refractivity contribution in [3.8, 4) is 0 Å². The van der Waals surface area contributed by atoms with Crippen molar-refractivity contribution < 1.29 is 0 Å². The minimum Gasteiger partial charge on any atom is -0.374 e. The van der Waals surface area contributed by atoms with Crippen LogP contribution in [0.25, 0.3) is 0 Å². The Kier molecular flexibility index (Phi) is 4.63. The Morgan fingerprint density at radius 1 is 1.33 bits per heavy atom. The third-order valence-corrected chi connectivity index (χ3v) is 2.69. The lowest BCUT2D eigenvalue weighted by atomic mass is 10.1. The average molecular weight is 206 g/mol. The van der Waals surface area contributed by atoms with Crippen molar-refractivity contribution >= 4 is 5.69 Å². The number of anilines is 1. The topological polar surface area (TPSA) is 29.3 Å². The molecule has 2 N–H and O–H groups in total. The van der Waals surface area contributed by atoms with Gasteiger partial charge in [-0.1, -0.05) is 31.5 Å². The lowest BCUT2D eigenvalue weighted by Gasteiger charge is -2.23.